The SMILES string of the molecule is O=C(Cc1csc(-c2ccccc2)n1)NC1(C(=O)O)CCC1. The molecule has 1 aromatic carbocycles. The van der Waals surface area contributed by atoms with Gasteiger partial charge in [-0.15, -0.1) is 11.3 Å². The lowest BCUT2D eigenvalue weighted by Crippen LogP contribution is -2.59. The van der Waals surface area contributed by atoms with Crippen molar-refractivity contribution in [3.05, 3.63) is 41.4 Å². The molecule has 1 fully saturated rings. The van der Waals surface area contributed by atoms with E-state index < -0.39 is 11.5 Å². The normalized spacial score (nSPS) is 15.8. The summed E-state index contributed by atoms with van der Waals surface area (Å²) < 4.78 is 0. The van der Waals surface area contributed by atoms with Crippen molar-refractivity contribution < 1.29 is 14.7 Å². The van der Waals surface area contributed by atoms with E-state index >= 15 is 0 Å². The first-order valence-corrected chi connectivity index (χ1v) is 8.01. The third kappa shape index (κ3) is 2.87. The minimum Gasteiger partial charge on any atom is -0.480 e. The van der Waals surface area contributed by atoms with Crippen LogP contribution in [0.15, 0.2) is 35.7 Å². The number of nitrogens with zero attached hydrogens (tertiary/aromatic N) is 1. The quantitative estimate of drug-likeness (QED) is 0.888. The maximum Gasteiger partial charge on any atom is 0.329 e. The molecule has 0 atom stereocenters. The van der Waals surface area contributed by atoms with Crippen LogP contribution in [0, 0.1) is 0 Å². The Balaban J connectivity index is 1.65. The molecule has 2 N–H and O–H groups in total. The lowest BCUT2D eigenvalue weighted by Gasteiger charge is -2.38. The molecular weight excluding hydrogens is 300 g/mol. The Hall–Kier alpha value is -2.21. The van der Waals surface area contributed by atoms with Gasteiger partial charge in [-0.1, -0.05) is 30.3 Å². The van der Waals surface area contributed by atoms with E-state index in [4.69, 9.17) is 0 Å². The van der Waals surface area contributed by atoms with Gasteiger partial charge in [-0.25, -0.2) is 9.78 Å². The van der Waals surface area contributed by atoms with Crippen molar-refractivity contribution in [3.63, 3.8) is 0 Å². The van der Waals surface area contributed by atoms with Gasteiger partial charge in [-0.05, 0) is 19.3 Å². The number of aromatic nitrogens is 1. The number of amides is 1. The summed E-state index contributed by atoms with van der Waals surface area (Å²) in [5.74, 6) is -1.23. The minimum absolute atomic E-state index is 0.109. The summed E-state index contributed by atoms with van der Waals surface area (Å²) in [6.07, 6.45) is 1.95. The van der Waals surface area contributed by atoms with Crippen molar-refractivity contribution in [1.29, 1.82) is 0 Å². The van der Waals surface area contributed by atoms with E-state index in [0.717, 1.165) is 17.0 Å². The third-order valence-corrected chi connectivity index (χ3v) is 4.85. The highest BCUT2D eigenvalue weighted by Crippen LogP contribution is 2.32. The summed E-state index contributed by atoms with van der Waals surface area (Å²) in [5.41, 5.74) is 0.622. The van der Waals surface area contributed by atoms with Gasteiger partial charge < -0.3 is 10.4 Å². The summed E-state index contributed by atoms with van der Waals surface area (Å²) in [6.45, 7) is 0. The van der Waals surface area contributed by atoms with Crippen LogP contribution in [0.1, 0.15) is 25.0 Å². The fourth-order valence-electron chi connectivity index (χ4n) is 2.50. The summed E-state index contributed by atoms with van der Waals surface area (Å²) in [4.78, 5) is 27.8. The van der Waals surface area contributed by atoms with E-state index in [0.29, 0.717) is 18.5 Å². The number of thiazole rings is 1. The van der Waals surface area contributed by atoms with Crippen LogP contribution in [-0.2, 0) is 16.0 Å². The van der Waals surface area contributed by atoms with Gasteiger partial charge in [0.25, 0.3) is 0 Å². The van der Waals surface area contributed by atoms with Crippen LogP contribution < -0.4 is 5.32 Å². The monoisotopic (exact) mass is 316 g/mol. The standard InChI is InChI=1S/C16H16N2O3S/c19-13(18-16(15(20)21)7-4-8-16)9-12-10-22-14(17-12)11-5-2-1-3-6-11/h1-3,5-6,10H,4,7-9H2,(H,18,19)(H,20,21). The number of carbonyl (C=O) groups is 2. The fraction of sp³-hybridized carbons (Fsp3) is 0.312. The number of benzene rings is 1. The molecule has 0 unspecified atom stereocenters. The Morgan fingerprint density at radius 3 is 2.59 bits per heavy atom. The summed E-state index contributed by atoms with van der Waals surface area (Å²) in [6, 6.07) is 9.76. The largest absolute Gasteiger partial charge is 0.480 e. The smallest absolute Gasteiger partial charge is 0.329 e. The van der Waals surface area contributed by atoms with Gasteiger partial charge in [-0.3, -0.25) is 4.79 Å². The Kier molecular flexibility index (Phi) is 3.94. The second-order valence-corrected chi connectivity index (χ2v) is 6.33. The van der Waals surface area contributed by atoms with E-state index in [-0.39, 0.29) is 12.3 Å². The predicted octanol–water partition coefficient (Wildman–Crippen LogP) is 2.48. The summed E-state index contributed by atoms with van der Waals surface area (Å²) in [7, 11) is 0. The molecule has 0 aliphatic heterocycles. The van der Waals surface area contributed by atoms with Crippen molar-refractivity contribution in [2.75, 3.05) is 0 Å². The molecule has 22 heavy (non-hydrogen) atoms. The van der Waals surface area contributed by atoms with Gasteiger partial charge in [0.15, 0.2) is 0 Å². The number of carbonyl (C=O) groups excluding carboxylic acids is 1. The molecule has 6 heteroatoms. The molecule has 1 amide bonds. The van der Waals surface area contributed by atoms with E-state index in [1.807, 2.05) is 35.7 Å². The van der Waals surface area contributed by atoms with Gasteiger partial charge in [0, 0.05) is 10.9 Å². The lowest BCUT2D eigenvalue weighted by molar-refractivity contribution is -0.151. The van der Waals surface area contributed by atoms with E-state index in [9.17, 15) is 14.7 Å². The number of nitrogens with one attached hydrogen (secondary N) is 1. The molecule has 0 radical (unpaired) electrons. The zero-order valence-electron chi connectivity index (χ0n) is 11.9. The predicted molar refractivity (Wildman–Crippen MR) is 83.6 cm³/mol. The van der Waals surface area contributed by atoms with Crippen LogP contribution in [0.2, 0.25) is 0 Å². The molecule has 1 saturated carbocycles. The third-order valence-electron chi connectivity index (χ3n) is 3.91. The molecule has 0 spiro atoms. The molecule has 5 nitrogen and oxygen atoms in total. The van der Waals surface area contributed by atoms with Gasteiger partial charge in [0.2, 0.25) is 5.91 Å². The number of aliphatic carboxylic acids is 1. The minimum atomic E-state index is -1.06. The molecule has 1 heterocycles. The molecule has 0 bridgehead atoms. The number of hydrogen-bond donors (Lipinski definition) is 2. The maximum absolute atomic E-state index is 12.1. The second kappa shape index (κ2) is 5.88. The molecule has 1 aliphatic carbocycles. The van der Waals surface area contributed by atoms with Gasteiger partial charge in [0.05, 0.1) is 12.1 Å². The van der Waals surface area contributed by atoms with Gasteiger partial charge in [0.1, 0.15) is 10.5 Å². The molecule has 3 rings (SSSR count). The zero-order valence-corrected chi connectivity index (χ0v) is 12.7. The fourth-order valence-corrected chi connectivity index (χ4v) is 3.33. The van der Waals surface area contributed by atoms with Crippen LogP contribution in [0.4, 0.5) is 0 Å². The van der Waals surface area contributed by atoms with E-state index in [1.165, 1.54) is 11.3 Å². The van der Waals surface area contributed by atoms with Crippen LogP contribution in [0.25, 0.3) is 10.6 Å². The molecule has 0 saturated heterocycles. The molecule has 1 aliphatic rings. The Morgan fingerprint density at radius 1 is 1.27 bits per heavy atom. The number of hydrogen-bond acceptors (Lipinski definition) is 4. The molecule has 114 valence electrons. The number of carboxylic acid groups (broad SMARTS) is 1. The molecule has 1 aromatic heterocycles. The van der Waals surface area contributed by atoms with Crippen LogP contribution in [0.5, 0.6) is 0 Å². The topological polar surface area (TPSA) is 79.3 Å². The van der Waals surface area contributed by atoms with Gasteiger partial charge >= 0.3 is 5.97 Å². The maximum atomic E-state index is 12.1. The van der Waals surface area contributed by atoms with Crippen molar-refractivity contribution in [2.45, 2.75) is 31.2 Å². The Labute approximate surface area is 132 Å². The Morgan fingerprint density at radius 2 is 2.00 bits per heavy atom. The first-order chi connectivity index (χ1) is 10.6. The zero-order chi connectivity index (χ0) is 15.6. The van der Waals surface area contributed by atoms with E-state index in [2.05, 4.69) is 10.3 Å². The average Bonchev–Trinajstić information content (AvgIpc) is 2.92. The Bertz CT molecular complexity index is 692. The second-order valence-electron chi connectivity index (χ2n) is 5.48. The first kappa shape index (κ1) is 14.7. The van der Waals surface area contributed by atoms with Crippen molar-refractivity contribution in [3.8, 4) is 10.6 Å². The van der Waals surface area contributed by atoms with Crippen molar-refractivity contribution >= 4 is 23.2 Å². The highest BCUT2D eigenvalue weighted by molar-refractivity contribution is 7.13. The lowest BCUT2D eigenvalue weighted by atomic mass is 9.76. The summed E-state index contributed by atoms with van der Waals surface area (Å²) >= 11 is 1.48. The van der Waals surface area contributed by atoms with E-state index in [1.54, 1.807) is 0 Å². The van der Waals surface area contributed by atoms with Crippen molar-refractivity contribution in [2.24, 2.45) is 0 Å². The molecular formula is C16H16N2O3S. The average molecular weight is 316 g/mol. The van der Waals surface area contributed by atoms with Gasteiger partial charge in [-0.2, -0.15) is 0 Å². The van der Waals surface area contributed by atoms with Crippen LogP contribution in [-0.4, -0.2) is 27.5 Å². The van der Waals surface area contributed by atoms with Crippen LogP contribution in [0.3, 0.4) is 0 Å². The number of carboxylic acids is 1. The first-order valence-electron chi connectivity index (χ1n) is 7.13. The summed E-state index contributed by atoms with van der Waals surface area (Å²) in [5, 5.41) is 14.6. The number of rotatable bonds is 5. The van der Waals surface area contributed by atoms with Crippen LogP contribution >= 0.6 is 11.3 Å². The molecule has 2 aromatic rings. The highest BCUT2D eigenvalue weighted by atomic mass is 32.1. The van der Waals surface area contributed by atoms with Crippen molar-refractivity contribution in [1.82, 2.24) is 10.3 Å². The highest BCUT2D eigenvalue weighted by Gasteiger charge is 2.45.